The van der Waals surface area contributed by atoms with E-state index in [-0.39, 0.29) is 0 Å². The standard InChI is InChI=1S/C15H19N3O/c1-3-19-15-7-5-4-6-13(15)9-16-10-14-11-17-12(2)8-18-14/h4-8,11,16H,3,9-10H2,1-2H3. The van der Waals surface area contributed by atoms with Crippen LogP contribution in [0.1, 0.15) is 23.9 Å². The molecule has 0 aliphatic carbocycles. The molecular formula is C15H19N3O. The minimum atomic E-state index is 0.681. The van der Waals surface area contributed by atoms with Crippen LogP contribution in [0.5, 0.6) is 5.75 Å². The molecule has 19 heavy (non-hydrogen) atoms. The number of aryl methyl sites for hydroxylation is 1. The van der Waals surface area contributed by atoms with Crippen LogP contribution in [-0.2, 0) is 13.1 Å². The summed E-state index contributed by atoms with van der Waals surface area (Å²) in [6.07, 6.45) is 3.59. The molecule has 0 unspecified atom stereocenters. The Morgan fingerprint density at radius 2 is 1.95 bits per heavy atom. The Balaban J connectivity index is 1.90. The zero-order valence-corrected chi connectivity index (χ0v) is 11.4. The third-order valence-electron chi connectivity index (χ3n) is 2.73. The van der Waals surface area contributed by atoms with Crippen LogP contribution >= 0.6 is 0 Å². The van der Waals surface area contributed by atoms with Crippen molar-refractivity contribution in [2.24, 2.45) is 0 Å². The fraction of sp³-hybridized carbons (Fsp3) is 0.333. The summed E-state index contributed by atoms with van der Waals surface area (Å²) in [5.74, 6) is 0.937. The van der Waals surface area contributed by atoms with Gasteiger partial charge in [-0.25, -0.2) is 0 Å². The van der Waals surface area contributed by atoms with E-state index in [4.69, 9.17) is 4.74 Å². The lowest BCUT2D eigenvalue weighted by atomic mass is 10.2. The predicted octanol–water partition coefficient (Wildman–Crippen LogP) is 2.47. The van der Waals surface area contributed by atoms with E-state index < -0.39 is 0 Å². The summed E-state index contributed by atoms with van der Waals surface area (Å²) in [6, 6.07) is 8.07. The molecule has 0 radical (unpaired) electrons. The van der Waals surface area contributed by atoms with Gasteiger partial charge in [0.15, 0.2) is 0 Å². The molecule has 1 N–H and O–H groups in total. The molecule has 0 bridgehead atoms. The van der Waals surface area contributed by atoms with E-state index in [1.54, 1.807) is 12.4 Å². The topological polar surface area (TPSA) is 47.0 Å². The van der Waals surface area contributed by atoms with E-state index in [2.05, 4.69) is 21.4 Å². The number of hydrogen-bond acceptors (Lipinski definition) is 4. The van der Waals surface area contributed by atoms with Gasteiger partial charge in [-0.3, -0.25) is 9.97 Å². The second kappa shape index (κ2) is 6.85. The Hall–Kier alpha value is -1.94. The van der Waals surface area contributed by atoms with Crippen molar-refractivity contribution in [1.82, 2.24) is 15.3 Å². The SMILES string of the molecule is CCOc1ccccc1CNCc1cnc(C)cn1. The monoisotopic (exact) mass is 257 g/mol. The maximum atomic E-state index is 5.59. The molecule has 4 heteroatoms. The molecule has 1 aromatic carbocycles. The maximum Gasteiger partial charge on any atom is 0.123 e. The third kappa shape index (κ3) is 4.03. The van der Waals surface area contributed by atoms with Gasteiger partial charge in [0.05, 0.1) is 18.0 Å². The van der Waals surface area contributed by atoms with Crippen LogP contribution in [-0.4, -0.2) is 16.6 Å². The summed E-state index contributed by atoms with van der Waals surface area (Å²) in [6.45, 7) is 6.06. The molecular weight excluding hydrogens is 238 g/mol. The summed E-state index contributed by atoms with van der Waals surface area (Å²) in [4.78, 5) is 8.54. The molecule has 1 aromatic heterocycles. The maximum absolute atomic E-state index is 5.59. The van der Waals surface area contributed by atoms with Crippen molar-refractivity contribution in [2.75, 3.05) is 6.61 Å². The Bertz CT molecular complexity index is 511. The Morgan fingerprint density at radius 1 is 1.11 bits per heavy atom. The second-order valence-corrected chi connectivity index (χ2v) is 4.29. The van der Waals surface area contributed by atoms with Crippen LogP contribution in [0, 0.1) is 6.92 Å². The van der Waals surface area contributed by atoms with Crippen molar-refractivity contribution >= 4 is 0 Å². The summed E-state index contributed by atoms with van der Waals surface area (Å²) in [5.41, 5.74) is 3.04. The van der Waals surface area contributed by atoms with Gasteiger partial charge in [-0.1, -0.05) is 18.2 Å². The van der Waals surface area contributed by atoms with E-state index >= 15 is 0 Å². The van der Waals surface area contributed by atoms with Crippen LogP contribution in [0.2, 0.25) is 0 Å². The molecule has 2 aromatic rings. The van der Waals surface area contributed by atoms with Gasteiger partial charge in [-0.2, -0.15) is 0 Å². The average Bonchev–Trinajstić information content (AvgIpc) is 2.43. The highest BCUT2D eigenvalue weighted by atomic mass is 16.5. The van der Waals surface area contributed by atoms with Crippen molar-refractivity contribution in [2.45, 2.75) is 26.9 Å². The fourth-order valence-electron chi connectivity index (χ4n) is 1.78. The van der Waals surface area contributed by atoms with E-state index in [1.165, 1.54) is 0 Å². The van der Waals surface area contributed by atoms with Gasteiger partial charge in [0.2, 0.25) is 0 Å². The number of para-hydroxylation sites is 1. The molecule has 0 amide bonds. The minimum absolute atomic E-state index is 0.681. The van der Waals surface area contributed by atoms with Gasteiger partial charge >= 0.3 is 0 Å². The highest BCUT2D eigenvalue weighted by Gasteiger charge is 2.02. The number of nitrogens with zero attached hydrogens (tertiary/aromatic N) is 2. The smallest absolute Gasteiger partial charge is 0.123 e. The lowest BCUT2D eigenvalue weighted by Gasteiger charge is -2.10. The minimum Gasteiger partial charge on any atom is -0.494 e. The Labute approximate surface area is 113 Å². The first-order valence-corrected chi connectivity index (χ1v) is 6.48. The third-order valence-corrected chi connectivity index (χ3v) is 2.73. The predicted molar refractivity (Wildman–Crippen MR) is 74.9 cm³/mol. The molecule has 2 rings (SSSR count). The van der Waals surface area contributed by atoms with Gasteiger partial charge < -0.3 is 10.1 Å². The first-order chi connectivity index (χ1) is 9.29. The molecule has 0 spiro atoms. The first kappa shape index (κ1) is 13.5. The Morgan fingerprint density at radius 3 is 2.68 bits per heavy atom. The summed E-state index contributed by atoms with van der Waals surface area (Å²) < 4.78 is 5.59. The van der Waals surface area contributed by atoms with Gasteiger partial charge in [0.1, 0.15) is 5.75 Å². The molecule has 100 valence electrons. The number of ether oxygens (including phenoxy) is 1. The lowest BCUT2D eigenvalue weighted by Crippen LogP contribution is -2.14. The highest BCUT2D eigenvalue weighted by Crippen LogP contribution is 2.17. The van der Waals surface area contributed by atoms with Crippen LogP contribution in [0.3, 0.4) is 0 Å². The van der Waals surface area contributed by atoms with Crippen molar-refractivity contribution in [3.8, 4) is 5.75 Å². The first-order valence-electron chi connectivity index (χ1n) is 6.48. The zero-order valence-electron chi connectivity index (χ0n) is 11.4. The van der Waals surface area contributed by atoms with Crippen LogP contribution in [0.25, 0.3) is 0 Å². The molecule has 0 saturated carbocycles. The van der Waals surface area contributed by atoms with E-state index in [0.29, 0.717) is 13.2 Å². The summed E-state index contributed by atoms with van der Waals surface area (Å²) in [5, 5.41) is 3.35. The Kier molecular flexibility index (Phi) is 4.86. The average molecular weight is 257 g/mol. The number of benzene rings is 1. The van der Waals surface area contributed by atoms with Crippen molar-refractivity contribution in [3.05, 3.63) is 53.6 Å². The second-order valence-electron chi connectivity index (χ2n) is 4.29. The summed E-state index contributed by atoms with van der Waals surface area (Å²) in [7, 11) is 0. The molecule has 4 nitrogen and oxygen atoms in total. The number of aromatic nitrogens is 2. The van der Waals surface area contributed by atoms with Crippen molar-refractivity contribution < 1.29 is 4.74 Å². The van der Waals surface area contributed by atoms with Gasteiger partial charge in [-0.15, -0.1) is 0 Å². The zero-order chi connectivity index (χ0) is 13.5. The molecule has 0 fully saturated rings. The van der Waals surface area contributed by atoms with E-state index in [9.17, 15) is 0 Å². The molecule has 0 aliphatic heterocycles. The van der Waals surface area contributed by atoms with Gasteiger partial charge in [-0.05, 0) is 19.9 Å². The van der Waals surface area contributed by atoms with Crippen molar-refractivity contribution in [1.29, 1.82) is 0 Å². The molecule has 0 aliphatic rings. The summed E-state index contributed by atoms with van der Waals surface area (Å²) >= 11 is 0. The van der Waals surface area contributed by atoms with Gasteiger partial charge in [0, 0.05) is 31.0 Å². The van der Waals surface area contributed by atoms with E-state index in [1.807, 2.05) is 32.0 Å². The van der Waals surface area contributed by atoms with Crippen LogP contribution in [0.4, 0.5) is 0 Å². The fourth-order valence-corrected chi connectivity index (χ4v) is 1.78. The number of rotatable bonds is 6. The number of hydrogen-bond donors (Lipinski definition) is 1. The van der Waals surface area contributed by atoms with Gasteiger partial charge in [0.25, 0.3) is 0 Å². The number of nitrogens with one attached hydrogen (secondary N) is 1. The largest absolute Gasteiger partial charge is 0.494 e. The van der Waals surface area contributed by atoms with Crippen molar-refractivity contribution in [3.63, 3.8) is 0 Å². The molecule has 1 heterocycles. The highest BCUT2D eigenvalue weighted by molar-refractivity contribution is 5.33. The van der Waals surface area contributed by atoms with E-state index in [0.717, 1.165) is 29.2 Å². The lowest BCUT2D eigenvalue weighted by molar-refractivity contribution is 0.335. The van der Waals surface area contributed by atoms with Crippen LogP contribution in [0.15, 0.2) is 36.7 Å². The molecule has 0 atom stereocenters. The quantitative estimate of drug-likeness (QED) is 0.863. The van der Waals surface area contributed by atoms with Crippen LogP contribution < -0.4 is 10.1 Å². The normalized spacial score (nSPS) is 10.4. The molecule has 0 saturated heterocycles.